The van der Waals surface area contributed by atoms with Gasteiger partial charge in [0.2, 0.25) is 0 Å². The van der Waals surface area contributed by atoms with Gasteiger partial charge in [-0.3, -0.25) is 15.1 Å². The standard InChI is InChI=1S/C27H21FN8/c28-20-6-2-1-4-17(20)16-5-3-7-21-18(16)8-23(32-21)27-19-9-22(31-11-24(19)34-35-27)25-10-30-12-26(33-25)36-13-15(29)14-36/h1-12,15,32H,13-14,29H2,(H,34,35). The smallest absolute Gasteiger partial charge is 0.147 e. The van der Waals surface area contributed by atoms with Crippen LogP contribution in [-0.4, -0.2) is 49.3 Å². The molecule has 1 fully saturated rings. The zero-order valence-electron chi connectivity index (χ0n) is 19.1. The molecule has 1 aliphatic rings. The van der Waals surface area contributed by atoms with Gasteiger partial charge >= 0.3 is 0 Å². The highest BCUT2D eigenvalue weighted by molar-refractivity contribution is 6.01. The molecule has 176 valence electrons. The van der Waals surface area contributed by atoms with Crippen LogP contribution in [-0.2, 0) is 0 Å². The number of nitrogens with one attached hydrogen (secondary N) is 2. The van der Waals surface area contributed by atoms with Gasteiger partial charge in [-0.25, -0.2) is 9.37 Å². The Bertz CT molecular complexity index is 1750. The highest BCUT2D eigenvalue weighted by Crippen LogP contribution is 2.35. The molecule has 0 aliphatic carbocycles. The summed E-state index contributed by atoms with van der Waals surface area (Å²) in [5.41, 5.74) is 12.0. The largest absolute Gasteiger partial charge is 0.353 e. The van der Waals surface area contributed by atoms with Crippen LogP contribution in [0.2, 0.25) is 0 Å². The number of halogens is 1. The molecule has 0 amide bonds. The van der Waals surface area contributed by atoms with E-state index in [9.17, 15) is 4.39 Å². The third-order valence-electron chi connectivity index (χ3n) is 6.65. The van der Waals surface area contributed by atoms with Crippen molar-refractivity contribution < 1.29 is 4.39 Å². The van der Waals surface area contributed by atoms with Gasteiger partial charge in [-0.05, 0) is 29.8 Å². The second-order valence-electron chi connectivity index (χ2n) is 9.04. The molecule has 6 aromatic rings. The van der Waals surface area contributed by atoms with E-state index in [1.165, 1.54) is 6.07 Å². The Morgan fingerprint density at radius 3 is 2.61 bits per heavy atom. The first kappa shape index (κ1) is 20.7. The molecule has 0 spiro atoms. The first-order valence-electron chi connectivity index (χ1n) is 11.7. The zero-order chi connectivity index (χ0) is 24.2. The van der Waals surface area contributed by atoms with Crippen LogP contribution >= 0.6 is 0 Å². The van der Waals surface area contributed by atoms with Crippen LogP contribution in [0.25, 0.3) is 55.7 Å². The van der Waals surface area contributed by atoms with Crippen molar-refractivity contribution in [3.63, 3.8) is 0 Å². The molecule has 4 aromatic heterocycles. The Kier molecular flexibility index (Phi) is 4.58. The molecule has 0 saturated carbocycles. The number of pyridine rings is 1. The first-order chi connectivity index (χ1) is 17.6. The van der Waals surface area contributed by atoms with Crippen molar-refractivity contribution in [3.8, 4) is 33.9 Å². The van der Waals surface area contributed by atoms with Gasteiger partial charge in [-0.15, -0.1) is 0 Å². The molecular formula is C27H21FN8. The average Bonchev–Trinajstić information content (AvgIpc) is 3.51. The number of nitrogens with two attached hydrogens (primary N) is 1. The van der Waals surface area contributed by atoms with Crippen molar-refractivity contribution in [2.24, 2.45) is 5.73 Å². The number of aromatic nitrogens is 6. The second kappa shape index (κ2) is 7.96. The molecule has 0 unspecified atom stereocenters. The molecule has 1 saturated heterocycles. The Labute approximate surface area is 205 Å². The maximum atomic E-state index is 14.6. The van der Waals surface area contributed by atoms with E-state index >= 15 is 0 Å². The molecule has 9 heteroatoms. The summed E-state index contributed by atoms with van der Waals surface area (Å²) in [4.78, 5) is 19.2. The van der Waals surface area contributed by atoms with E-state index in [4.69, 9.17) is 10.7 Å². The lowest BCUT2D eigenvalue weighted by Gasteiger charge is -2.37. The normalized spacial score (nSPS) is 14.0. The number of hydrogen-bond donors (Lipinski definition) is 3. The van der Waals surface area contributed by atoms with E-state index in [1.807, 2.05) is 36.4 Å². The SMILES string of the molecule is NC1CN(c2cncc(-c3cc4c(-c5cc6c(-c7ccccc7F)cccc6[nH]5)n[nH]c4cn3)n2)C1. The van der Waals surface area contributed by atoms with E-state index in [0.717, 1.165) is 57.7 Å². The molecule has 0 radical (unpaired) electrons. The molecule has 1 aliphatic heterocycles. The average molecular weight is 477 g/mol. The molecule has 5 heterocycles. The summed E-state index contributed by atoms with van der Waals surface area (Å²) in [6.07, 6.45) is 5.21. The lowest BCUT2D eigenvalue weighted by Crippen LogP contribution is -2.56. The highest BCUT2D eigenvalue weighted by Gasteiger charge is 2.25. The van der Waals surface area contributed by atoms with E-state index in [0.29, 0.717) is 17.0 Å². The predicted molar refractivity (Wildman–Crippen MR) is 138 cm³/mol. The number of aromatic amines is 2. The third-order valence-corrected chi connectivity index (χ3v) is 6.65. The summed E-state index contributed by atoms with van der Waals surface area (Å²) < 4.78 is 14.6. The predicted octanol–water partition coefficient (Wildman–Crippen LogP) is 4.52. The van der Waals surface area contributed by atoms with Gasteiger partial charge in [-0.2, -0.15) is 5.10 Å². The lowest BCUT2D eigenvalue weighted by atomic mass is 10.0. The van der Waals surface area contributed by atoms with Gasteiger partial charge in [0.15, 0.2) is 0 Å². The Morgan fingerprint density at radius 2 is 1.75 bits per heavy atom. The Balaban J connectivity index is 1.32. The van der Waals surface area contributed by atoms with E-state index in [1.54, 1.807) is 30.7 Å². The van der Waals surface area contributed by atoms with Crippen molar-refractivity contribution in [1.29, 1.82) is 0 Å². The number of nitrogens with zero attached hydrogens (tertiary/aromatic N) is 5. The summed E-state index contributed by atoms with van der Waals surface area (Å²) in [5.74, 6) is 0.539. The maximum absolute atomic E-state index is 14.6. The quantitative estimate of drug-likeness (QED) is 0.345. The van der Waals surface area contributed by atoms with E-state index in [2.05, 4.69) is 30.0 Å². The molecule has 0 atom stereocenters. The van der Waals surface area contributed by atoms with E-state index in [-0.39, 0.29) is 11.9 Å². The number of hydrogen-bond acceptors (Lipinski definition) is 6. The molecular weight excluding hydrogens is 455 g/mol. The van der Waals surface area contributed by atoms with Gasteiger partial charge in [0.25, 0.3) is 0 Å². The minimum absolute atomic E-state index is 0.175. The van der Waals surface area contributed by atoms with Crippen LogP contribution in [0, 0.1) is 5.82 Å². The van der Waals surface area contributed by atoms with Crippen LogP contribution in [0.15, 0.2) is 73.2 Å². The van der Waals surface area contributed by atoms with Gasteiger partial charge in [0.05, 0.1) is 35.5 Å². The lowest BCUT2D eigenvalue weighted by molar-refractivity contribution is 0.514. The molecule has 2 aromatic carbocycles. The number of benzene rings is 2. The van der Waals surface area contributed by atoms with Crippen molar-refractivity contribution in [2.75, 3.05) is 18.0 Å². The number of rotatable bonds is 4. The van der Waals surface area contributed by atoms with Gasteiger partial charge in [0.1, 0.15) is 23.0 Å². The highest BCUT2D eigenvalue weighted by atomic mass is 19.1. The summed E-state index contributed by atoms with van der Waals surface area (Å²) in [6.45, 7) is 1.54. The summed E-state index contributed by atoms with van der Waals surface area (Å²) in [5, 5.41) is 9.46. The number of H-pyrrole nitrogens is 2. The minimum atomic E-state index is -0.253. The van der Waals surface area contributed by atoms with Crippen molar-refractivity contribution in [3.05, 3.63) is 79.0 Å². The van der Waals surface area contributed by atoms with Crippen LogP contribution in [0.4, 0.5) is 10.2 Å². The summed E-state index contributed by atoms with van der Waals surface area (Å²) in [6, 6.07) is 16.8. The fourth-order valence-electron chi connectivity index (χ4n) is 4.79. The molecule has 7 rings (SSSR count). The molecule has 8 nitrogen and oxygen atoms in total. The van der Waals surface area contributed by atoms with E-state index < -0.39 is 0 Å². The molecule has 4 N–H and O–H groups in total. The van der Waals surface area contributed by atoms with Crippen LogP contribution in [0.5, 0.6) is 0 Å². The van der Waals surface area contributed by atoms with Gasteiger partial charge in [0, 0.05) is 41.0 Å². The van der Waals surface area contributed by atoms with Crippen molar-refractivity contribution >= 4 is 27.6 Å². The van der Waals surface area contributed by atoms with Gasteiger partial charge in [-0.1, -0.05) is 30.3 Å². The second-order valence-corrected chi connectivity index (χ2v) is 9.04. The summed E-state index contributed by atoms with van der Waals surface area (Å²) >= 11 is 0. The fraction of sp³-hybridized carbons (Fsp3) is 0.111. The van der Waals surface area contributed by atoms with Crippen molar-refractivity contribution in [1.82, 2.24) is 30.1 Å². The van der Waals surface area contributed by atoms with Gasteiger partial charge < -0.3 is 15.6 Å². The van der Waals surface area contributed by atoms with Crippen LogP contribution in [0.3, 0.4) is 0 Å². The molecule has 0 bridgehead atoms. The zero-order valence-corrected chi connectivity index (χ0v) is 19.1. The topological polar surface area (TPSA) is 112 Å². The Morgan fingerprint density at radius 1 is 0.889 bits per heavy atom. The van der Waals surface area contributed by atoms with Crippen LogP contribution in [0.1, 0.15) is 0 Å². The first-order valence-corrected chi connectivity index (χ1v) is 11.7. The minimum Gasteiger partial charge on any atom is -0.353 e. The molecule has 36 heavy (non-hydrogen) atoms. The Hall–Kier alpha value is -4.63. The number of fused-ring (bicyclic) bond motifs is 2. The van der Waals surface area contributed by atoms with Crippen molar-refractivity contribution in [2.45, 2.75) is 6.04 Å². The fourth-order valence-corrected chi connectivity index (χ4v) is 4.79. The summed E-state index contributed by atoms with van der Waals surface area (Å²) in [7, 11) is 0. The number of anilines is 1. The monoisotopic (exact) mass is 476 g/mol. The maximum Gasteiger partial charge on any atom is 0.147 e. The van der Waals surface area contributed by atoms with Crippen LogP contribution < -0.4 is 10.6 Å². The third kappa shape index (κ3) is 3.32.